The third-order valence-corrected chi connectivity index (χ3v) is 2.44. The molecule has 104 valence electrons. The molecule has 0 saturated heterocycles. The zero-order valence-electron chi connectivity index (χ0n) is 11.8. The summed E-state index contributed by atoms with van der Waals surface area (Å²) in [6.07, 6.45) is 2.37. The lowest BCUT2D eigenvalue weighted by molar-refractivity contribution is -0.137. The Kier molecular flexibility index (Phi) is 6.44. The Balaban J connectivity index is 4.99. The highest BCUT2D eigenvalue weighted by atomic mass is 16.4. The van der Waals surface area contributed by atoms with E-state index in [-0.39, 0.29) is 18.1 Å². The van der Waals surface area contributed by atoms with Crippen LogP contribution in [0.5, 0.6) is 0 Å². The van der Waals surface area contributed by atoms with Crippen molar-refractivity contribution in [1.29, 1.82) is 0 Å². The molecular weight excluding hydrogens is 232 g/mol. The molecule has 0 bridgehead atoms. The number of carboxylic acids is 1. The van der Waals surface area contributed by atoms with Crippen LogP contribution in [0.1, 0.15) is 34.1 Å². The Morgan fingerprint density at radius 1 is 1.33 bits per heavy atom. The van der Waals surface area contributed by atoms with Crippen LogP contribution in [0, 0.1) is 0 Å². The van der Waals surface area contributed by atoms with E-state index in [4.69, 9.17) is 5.11 Å². The smallest absolute Gasteiger partial charge is 0.323 e. The average Bonchev–Trinajstić information content (AvgIpc) is 2.22. The highest BCUT2D eigenvalue weighted by Gasteiger charge is 2.29. The van der Waals surface area contributed by atoms with Gasteiger partial charge >= 0.3 is 12.0 Å². The van der Waals surface area contributed by atoms with Crippen molar-refractivity contribution in [3.63, 3.8) is 0 Å². The van der Waals surface area contributed by atoms with Crippen molar-refractivity contribution in [1.82, 2.24) is 9.80 Å². The maximum atomic E-state index is 12.3. The van der Waals surface area contributed by atoms with E-state index in [2.05, 4.69) is 6.58 Å². The minimum Gasteiger partial charge on any atom is -0.480 e. The van der Waals surface area contributed by atoms with Crippen molar-refractivity contribution in [2.24, 2.45) is 0 Å². The number of rotatable bonds is 6. The largest absolute Gasteiger partial charge is 0.480 e. The summed E-state index contributed by atoms with van der Waals surface area (Å²) in [4.78, 5) is 26.1. The van der Waals surface area contributed by atoms with Crippen LogP contribution < -0.4 is 0 Å². The normalized spacial score (nSPS) is 10.9. The Labute approximate surface area is 109 Å². The first kappa shape index (κ1) is 16.5. The molecule has 0 atom stereocenters. The summed E-state index contributed by atoms with van der Waals surface area (Å²) in [5, 5.41) is 8.84. The van der Waals surface area contributed by atoms with Gasteiger partial charge in [0.05, 0.1) is 0 Å². The molecule has 0 aromatic rings. The number of hydrogen-bond acceptors (Lipinski definition) is 2. The Hall–Kier alpha value is -1.52. The lowest BCUT2D eigenvalue weighted by Gasteiger charge is -2.38. The zero-order chi connectivity index (χ0) is 14.3. The molecule has 0 fully saturated rings. The highest BCUT2D eigenvalue weighted by molar-refractivity contribution is 5.80. The molecular formula is C13H24N2O3. The van der Waals surface area contributed by atoms with Gasteiger partial charge in [-0.25, -0.2) is 4.79 Å². The van der Waals surface area contributed by atoms with Gasteiger partial charge in [0.25, 0.3) is 0 Å². The van der Waals surface area contributed by atoms with Crippen LogP contribution in [0.15, 0.2) is 12.7 Å². The van der Waals surface area contributed by atoms with E-state index in [0.29, 0.717) is 13.1 Å². The second-order valence-corrected chi connectivity index (χ2v) is 5.17. The van der Waals surface area contributed by atoms with E-state index in [1.165, 1.54) is 4.90 Å². The molecule has 0 saturated carbocycles. The van der Waals surface area contributed by atoms with Crippen molar-refractivity contribution in [2.75, 3.05) is 19.6 Å². The molecule has 0 radical (unpaired) electrons. The van der Waals surface area contributed by atoms with E-state index in [0.717, 1.165) is 6.42 Å². The summed E-state index contributed by atoms with van der Waals surface area (Å²) in [6, 6.07) is -0.258. The van der Waals surface area contributed by atoms with Crippen LogP contribution in [0.2, 0.25) is 0 Å². The van der Waals surface area contributed by atoms with E-state index < -0.39 is 5.97 Å². The van der Waals surface area contributed by atoms with Crippen LogP contribution in [-0.4, -0.2) is 52.1 Å². The molecule has 0 rings (SSSR count). The van der Waals surface area contributed by atoms with Gasteiger partial charge in [-0.3, -0.25) is 4.79 Å². The van der Waals surface area contributed by atoms with Gasteiger partial charge in [0.1, 0.15) is 6.54 Å². The standard InChI is InChI=1S/C13H24N2O3/c1-6-8-14(10-11(16)17)12(18)15(9-7-2)13(3,4)5/h7H,2,6,8-10H2,1,3-5H3,(H,16,17). The number of nitrogens with zero attached hydrogens (tertiary/aromatic N) is 2. The van der Waals surface area contributed by atoms with Crippen LogP contribution in [0.25, 0.3) is 0 Å². The van der Waals surface area contributed by atoms with Gasteiger partial charge in [0, 0.05) is 18.6 Å². The van der Waals surface area contributed by atoms with Gasteiger partial charge in [-0.2, -0.15) is 0 Å². The van der Waals surface area contributed by atoms with E-state index in [1.54, 1.807) is 11.0 Å². The fourth-order valence-electron chi connectivity index (χ4n) is 1.61. The summed E-state index contributed by atoms with van der Waals surface area (Å²) in [7, 11) is 0. The SMILES string of the molecule is C=CCN(C(=O)N(CCC)CC(=O)O)C(C)(C)C. The monoisotopic (exact) mass is 256 g/mol. The molecule has 5 heteroatoms. The fourth-order valence-corrected chi connectivity index (χ4v) is 1.61. The van der Waals surface area contributed by atoms with E-state index in [9.17, 15) is 9.59 Å². The second-order valence-electron chi connectivity index (χ2n) is 5.17. The quantitative estimate of drug-likeness (QED) is 0.741. The minimum atomic E-state index is -0.996. The molecule has 0 spiro atoms. The summed E-state index contributed by atoms with van der Waals surface area (Å²) < 4.78 is 0. The van der Waals surface area contributed by atoms with Crippen molar-refractivity contribution in [3.8, 4) is 0 Å². The maximum Gasteiger partial charge on any atom is 0.323 e. The van der Waals surface area contributed by atoms with Crippen molar-refractivity contribution < 1.29 is 14.7 Å². The van der Waals surface area contributed by atoms with Crippen molar-refractivity contribution in [2.45, 2.75) is 39.7 Å². The molecule has 5 nitrogen and oxygen atoms in total. The molecule has 0 aromatic heterocycles. The number of aliphatic carboxylic acids is 1. The summed E-state index contributed by atoms with van der Waals surface area (Å²) in [6.45, 7) is 11.9. The van der Waals surface area contributed by atoms with Gasteiger partial charge < -0.3 is 14.9 Å². The van der Waals surface area contributed by atoms with Gasteiger partial charge in [0.15, 0.2) is 0 Å². The predicted molar refractivity (Wildman–Crippen MR) is 71.6 cm³/mol. The lowest BCUT2D eigenvalue weighted by atomic mass is 10.1. The van der Waals surface area contributed by atoms with Crippen molar-refractivity contribution in [3.05, 3.63) is 12.7 Å². The first-order valence-electron chi connectivity index (χ1n) is 6.13. The number of amides is 2. The average molecular weight is 256 g/mol. The van der Waals surface area contributed by atoms with Crippen LogP contribution >= 0.6 is 0 Å². The van der Waals surface area contributed by atoms with Gasteiger partial charge in [-0.15, -0.1) is 6.58 Å². The molecule has 0 heterocycles. The lowest BCUT2D eigenvalue weighted by Crippen LogP contribution is -2.53. The topological polar surface area (TPSA) is 60.9 Å². The van der Waals surface area contributed by atoms with Gasteiger partial charge in [-0.1, -0.05) is 13.0 Å². The first-order chi connectivity index (χ1) is 8.23. The third kappa shape index (κ3) is 5.21. The fraction of sp³-hybridized carbons (Fsp3) is 0.692. The van der Waals surface area contributed by atoms with Crippen molar-refractivity contribution >= 4 is 12.0 Å². The number of carbonyl (C=O) groups excluding carboxylic acids is 1. The second kappa shape index (κ2) is 7.03. The van der Waals surface area contributed by atoms with E-state index in [1.807, 2.05) is 27.7 Å². The molecule has 1 N–H and O–H groups in total. The molecule has 0 aliphatic carbocycles. The molecule has 18 heavy (non-hydrogen) atoms. The number of carbonyl (C=O) groups is 2. The zero-order valence-corrected chi connectivity index (χ0v) is 11.8. The predicted octanol–water partition coefficient (Wildman–Crippen LogP) is 2.19. The van der Waals surface area contributed by atoms with Crippen LogP contribution in [0.3, 0.4) is 0 Å². The molecule has 0 aliphatic rings. The minimum absolute atomic E-state index is 0.258. The summed E-state index contributed by atoms with van der Waals surface area (Å²) >= 11 is 0. The molecule has 0 aromatic carbocycles. The number of carboxylic acid groups (broad SMARTS) is 1. The Morgan fingerprint density at radius 2 is 1.89 bits per heavy atom. The Morgan fingerprint density at radius 3 is 2.22 bits per heavy atom. The molecule has 0 aliphatic heterocycles. The summed E-state index contributed by atoms with van der Waals surface area (Å²) in [5.74, 6) is -0.996. The molecule has 0 unspecified atom stereocenters. The number of hydrogen-bond donors (Lipinski definition) is 1. The Bertz CT molecular complexity index is 308. The van der Waals surface area contributed by atoms with Crippen LogP contribution in [0.4, 0.5) is 4.79 Å². The van der Waals surface area contributed by atoms with Gasteiger partial charge in [0.2, 0.25) is 0 Å². The maximum absolute atomic E-state index is 12.3. The van der Waals surface area contributed by atoms with Gasteiger partial charge in [-0.05, 0) is 27.2 Å². The number of urea groups is 1. The first-order valence-corrected chi connectivity index (χ1v) is 6.13. The molecule has 2 amide bonds. The highest BCUT2D eigenvalue weighted by Crippen LogP contribution is 2.16. The third-order valence-electron chi connectivity index (χ3n) is 2.44. The van der Waals surface area contributed by atoms with E-state index >= 15 is 0 Å². The summed E-state index contributed by atoms with van der Waals surface area (Å²) in [5.41, 5.74) is -0.365. The van der Waals surface area contributed by atoms with Crippen LogP contribution in [-0.2, 0) is 4.79 Å².